The van der Waals surface area contributed by atoms with Gasteiger partial charge in [-0.05, 0) is 36.7 Å². The van der Waals surface area contributed by atoms with Gasteiger partial charge in [0.15, 0.2) is 5.92 Å². The number of hydrogen-bond acceptors (Lipinski definition) is 1. The molecule has 0 saturated heterocycles. The first-order valence-corrected chi connectivity index (χ1v) is 6.10. The Morgan fingerprint density at radius 2 is 1.52 bits per heavy atom. The quantitative estimate of drug-likeness (QED) is 0.805. The molecule has 0 bridgehead atoms. The van der Waals surface area contributed by atoms with E-state index in [0.717, 1.165) is 12.1 Å². The largest absolute Gasteiger partial charge is 0.402 e. The van der Waals surface area contributed by atoms with Gasteiger partial charge in [-0.15, -0.1) is 0 Å². The predicted molar refractivity (Wildman–Crippen MR) is 63.2 cm³/mol. The van der Waals surface area contributed by atoms with Gasteiger partial charge in [0.05, 0.1) is 6.04 Å². The van der Waals surface area contributed by atoms with Crippen LogP contribution in [0.5, 0.6) is 0 Å². The third-order valence-corrected chi connectivity index (χ3v) is 2.89. The highest BCUT2D eigenvalue weighted by molar-refractivity contribution is 5.27. The minimum Gasteiger partial charge on any atom is -0.309 e. The third-order valence-electron chi connectivity index (χ3n) is 2.89. The summed E-state index contributed by atoms with van der Waals surface area (Å²) in [5, 5.41) is 2.16. The van der Waals surface area contributed by atoms with E-state index >= 15 is 0 Å². The molecule has 0 aliphatic heterocycles. The topological polar surface area (TPSA) is 12.0 Å². The Bertz CT molecular complexity index is 444. The number of hydrogen-bond donors (Lipinski definition) is 1. The van der Waals surface area contributed by atoms with Crippen LogP contribution in [-0.2, 0) is 0 Å². The van der Waals surface area contributed by atoms with E-state index in [-0.39, 0.29) is 17.7 Å². The van der Waals surface area contributed by atoms with Gasteiger partial charge in [0.25, 0.3) is 0 Å². The molecule has 1 atom stereocenters. The molecule has 0 aromatic heterocycles. The van der Waals surface area contributed by atoms with Gasteiger partial charge in [-0.25, -0.2) is 4.39 Å². The van der Waals surface area contributed by atoms with Crippen LogP contribution in [0, 0.1) is 18.7 Å². The Balaban J connectivity index is 3.37. The van der Waals surface area contributed by atoms with Crippen LogP contribution in [0.1, 0.15) is 24.1 Å². The summed E-state index contributed by atoms with van der Waals surface area (Å²) in [6.45, 7) is 2.65. The molecule has 120 valence electrons. The van der Waals surface area contributed by atoms with Crippen molar-refractivity contribution >= 4 is 0 Å². The highest BCUT2D eigenvalue weighted by atomic mass is 19.4. The minimum absolute atomic E-state index is 0.122. The van der Waals surface area contributed by atoms with E-state index in [1.165, 1.54) is 13.8 Å². The lowest BCUT2D eigenvalue weighted by Crippen LogP contribution is -2.45. The molecule has 1 unspecified atom stereocenters. The molecule has 0 spiro atoms. The summed E-state index contributed by atoms with van der Waals surface area (Å²) < 4.78 is 90.2. The molecule has 1 N–H and O–H groups in total. The number of nitrogens with one attached hydrogen (secondary N) is 1. The summed E-state index contributed by atoms with van der Waals surface area (Å²) in [4.78, 5) is 0. The van der Waals surface area contributed by atoms with Crippen molar-refractivity contribution in [3.8, 4) is 0 Å². The van der Waals surface area contributed by atoms with Gasteiger partial charge in [0.2, 0.25) is 0 Å². The number of rotatable bonds is 4. The van der Waals surface area contributed by atoms with Crippen molar-refractivity contribution in [3.05, 3.63) is 35.1 Å². The molecule has 0 fully saturated rings. The first-order chi connectivity index (χ1) is 9.46. The van der Waals surface area contributed by atoms with Crippen LogP contribution in [0.2, 0.25) is 0 Å². The summed E-state index contributed by atoms with van der Waals surface area (Å²) in [5.41, 5.74) is -0.134. The summed E-state index contributed by atoms with van der Waals surface area (Å²) in [5.74, 6) is -4.48. The van der Waals surface area contributed by atoms with E-state index < -0.39 is 30.1 Å². The number of alkyl halides is 6. The molecular weight excluding hydrogens is 303 g/mol. The fourth-order valence-electron chi connectivity index (χ4n) is 2.16. The standard InChI is InChI=1S/C13H14F7N/c1-3-21-10(8-4-7(2)5-9(14)6-8)11(12(15,16)17)13(18,19)20/h4-6,10-11,21H,3H2,1-2H3. The van der Waals surface area contributed by atoms with Gasteiger partial charge in [-0.2, -0.15) is 26.3 Å². The van der Waals surface area contributed by atoms with Crippen molar-refractivity contribution < 1.29 is 30.7 Å². The maximum atomic E-state index is 13.3. The average Bonchev–Trinajstić information content (AvgIpc) is 2.23. The van der Waals surface area contributed by atoms with Crippen LogP contribution in [0.15, 0.2) is 18.2 Å². The molecule has 0 aliphatic rings. The molecule has 0 heterocycles. The zero-order chi connectivity index (χ0) is 16.4. The van der Waals surface area contributed by atoms with Crippen LogP contribution in [-0.4, -0.2) is 18.9 Å². The van der Waals surface area contributed by atoms with E-state index in [1.807, 2.05) is 0 Å². The Kier molecular flexibility index (Phi) is 5.25. The summed E-state index contributed by atoms with van der Waals surface area (Å²) in [6.07, 6.45) is -11.0. The monoisotopic (exact) mass is 317 g/mol. The van der Waals surface area contributed by atoms with Crippen molar-refractivity contribution in [2.75, 3.05) is 6.54 Å². The van der Waals surface area contributed by atoms with Crippen molar-refractivity contribution in [1.29, 1.82) is 0 Å². The first kappa shape index (κ1) is 17.7. The lowest BCUT2D eigenvalue weighted by atomic mass is 9.90. The normalized spacial score (nSPS) is 14.6. The van der Waals surface area contributed by atoms with Gasteiger partial charge in [-0.1, -0.05) is 13.0 Å². The minimum atomic E-state index is -5.49. The van der Waals surface area contributed by atoms with E-state index in [1.54, 1.807) is 0 Å². The van der Waals surface area contributed by atoms with E-state index in [9.17, 15) is 30.7 Å². The molecule has 21 heavy (non-hydrogen) atoms. The molecule has 8 heteroatoms. The highest BCUT2D eigenvalue weighted by Crippen LogP contribution is 2.46. The Hall–Kier alpha value is -1.31. The van der Waals surface area contributed by atoms with Crippen LogP contribution in [0.4, 0.5) is 30.7 Å². The molecule has 0 amide bonds. The van der Waals surface area contributed by atoms with Gasteiger partial charge >= 0.3 is 12.4 Å². The van der Waals surface area contributed by atoms with Crippen LogP contribution in [0.25, 0.3) is 0 Å². The van der Waals surface area contributed by atoms with Gasteiger partial charge in [-0.3, -0.25) is 0 Å². The Morgan fingerprint density at radius 1 is 1.00 bits per heavy atom. The fourth-order valence-corrected chi connectivity index (χ4v) is 2.16. The van der Waals surface area contributed by atoms with Gasteiger partial charge in [0, 0.05) is 0 Å². The lowest BCUT2D eigenvalue weighted by molar-refractivity contribution is -0.292. The van der Waals surface area contributed by atoms with Crippen molar-refractivity contribution in [2.24, 2.45) is 5.92 Å². The van der Waals surface area contributed by atoms with Gasteiger partial charge in [0.1, 0.15) is 5.82 Å². The van der Waals surface area contributed by atoms with E-state index in [2.05, 4.69) is 5.32 Å². The van der Waals surface area contributed by atoms with Crippen LogP contribution >= 0.6 is 0 Å². The maximum Gasteiger partial charge on any atom is 0.402 e. The molecule has 0 radical (unpaired) electrons. The second-order valence-corrected chi connectivity index (χ2v) is 4.66. The summed E-state index contributed by atoms with van der Waals surface area (Å²) in [7, 11) is 0. The second-order valence-electron chi connectivity index (χ2n) is 4.66. The van der Waals surface area contributed by atoms with Crippen molar-refractivity contribution in [3.63, 3.8) is 0 Å². The smallest absolute Gasteiger partial charge is 0.309 e. The van der Waals surface area contributed by atoms with Crippen LogP contribution < -0.4 is 5.32 Å². The summed E-state index contributed by atoms with van der Waals surface area (Å²) >= 11 is 0. The average molecular weight is 317 g/mol. The SMILES string of the molecule is CCNC(c1cc(C)cc(F)c1)C(C(F)(F)F)C(F)(F)F. The van der Waals surface area contributed by atoms with E-state index in [0.29, 0.717) is 6.07 Å². The third kappa shape index (κ3) is 4.59. The molecule has 1 rings (SSSR count). The molecular formula is C13H14F7N. The van der Waals surface area contributed by atoms with Crippen molar-refractivity contribution in [1.82, 2.24) is 5.32 Å². The second kappa shape index (κ2) is 6.21. The first-order valence-electron chi connectivity index (χ1n) is 6.10. The van der Waals surface area contributed by atoms with Gasteiger partial charge < -0.3 is 5.32 Å². The molecule has 0 aliphatic carbocycles. The van der Waals surface area contributed by atoms with E-state index in [4.69, 9.17) is 0 Å². The number of benzene rings is 1. The molecule has 1 nitrogen and oxygen atoms in total. The Labute approximate surface area is 117 Å². The molecule has 0 saturated carbocycles. The maximum absolute atomic E-state index is 13.3. The Morgan fingerprint density at radius 3 is 1.90 bits per heavy atom. The molecule has 1 aromatic rings. The fraction of sp³-hybridized carbons (Fsp3) is 0.538. The number of aryl methyl sites for hydroxylation is 1. The highest BCUT2D eigenvalue weighted by Gasteiger charge is 2.60. The lowest BCUT2D eigenvalue weighted by Gasteiger charge is -2.31. The predicted octanol–water partition coefficient (Wildman–Crippen LogP) is 4.53. The van der Waals surface area contributed by atoms with Crippen LogP contribution in [0.3, 0.4) is 0 Å². The zero-order valence-corrected chi connectivity index (χ0v) is 11.2. The number of halogens is 7. The zero-order valence-electron chi connectivity index (χ0n) is 11.2. The molecule has 1 aromatic carbocycles. The van der Waals surface area contributed by atoms with Crippen molar-refractivity contribution in [2.45, 2.75) is 32.2 Å². The summed E-state index contributed by atoms with van der Waals surface area (Å²) in [6, 6.07) is 0.735.